The molecule has 1 aliphatic rings. The van der Waals surface area contributed by atoms with Gasteiger partial charge in [-0.3, -0.25) is 0 Å². The van der Waals surface area contributed by atoms with Crippen molar-refractivity contribution in [3.63, 3.8) is 0 Å². The van der Waals surface area contributed by atoms with Gasteiger partial charge in [-0.25, -0.2) is 8.42 Å². The minimum Gasteiger partial charge on any atom is -0.399 e. The number of rotatable bonds is 2. The lowest BCUT2D eigenvalue weighted by Gasteiger charge is -2.22. The van der Waals surface area contributed by atoms with E-state index >= 15 is 0 Å². The molecule has 0 spiro atoms. The molecule has 0 amide bonds. The first kappa shape index (κ1) is 12.9. The molecule has 1 aromatic carbocycles. The number of sulfone groups is 1. The number of nitrogens with two attached hydrogens (primary N) is 1. The van der Waals surface area contributed by atoms with Gasteiger partial charge in [0.1, 0.15) is 0 Å². The second-order valence-electron chi connectivity index (χ2n) is 4.49. The van der Waals surface area contributed by atoms with E-state index in [1.807, 2.05) is 0 Å². The zero-order valence-electron chi connectivity index (χ0n) is 9.52. The molecule has 0 unspecified atom stereocenters. The molecule has 0 bridgehead atoms. The van der Waals surface area contributed by atoms with Crippen molar-refractivity contribution < 1.29 is 8.42 Å². The van der Waals surface area contributed by atoms with Crippen molar-refractivity contribution in [2.24, 2.45) is 0 Å². The lowest BCUT2D eigenvalue weighted by atomic mass is 10.0. The lowest BCUT2D eigenvalue weighted by Crippen LogP contribution is -2.24. The molecular formula is C12H16BrNO2S. The van der Waals surface area contributed by atoms with Crippen LogP contribution in [0.1, 0.15) is 32.1 Å². The largest absolute Gasteiger partial charge is 0.399 e. The highest BCUT2D eigenvalue weighted by Gasteiger charge is 2.30. The molecule has 0 saturated heterocycles. The summed E-state index contributed by atoms with van der Waals surface area (Å²) in [6, 6.07) is 4.89. The quantitative estimate of drug-likeness (QED) is 0.852. The van der Waals surface area contributed by atoms with Crippen molar-refractivity contribution in [3.8, 4) is 0 Å². The minimum absolute atomic E-state index is 0.226. The van der Waals surface area contributed by atoms with Crippen LogP contribution in [0.2, 0.25) is 0 Å². The number of benzene rings is 1. The smallest absolute Gasteiger partial charge is 0.182 e. The molecule has 2 rings (SSSR count). The van der Waals surface area contributed by atoms with Crippen LogP contribution in [0.3, 0.4) is 0 Å². The molecule has 1 saturated carbocycles. The molecule has 3 nitrogen and oxygen atoms in total. The van der Waals surface area contributed by atoms with E-state index in [0.29, 0.717) is 15.1 Å². The Kier molecular flexibility index (Phi) is 3.78. The van der Waals surface area contributed by atoms with Gasteiger partial charge in [0, 0.05) is 10.2 Å². The van der Waals surface area contributed by atoms with E-state index in [1.54, 1.807) is 18.2 Å². The van der Waals surface area contributed by atoms with Crippen molar-refractivity contribution in [1.29, 1.82) is 0 Å². The topological polar surface area (TPSA) is 60.2 Å². The Labute approximate surface area is 110 Å². The predicted molar refractivity (Wildman–Crippen MR) is 72.6 cm³/mol. The molecule has 0 radical (unpaired) electrons. The van der Waals surface area contributed by atoms with E-state index in [2.05, 4.69) is 15.9 Å². The van der Waals surface area contributed by atoms with Crippen LogP contribution < -0.4 is 5.73 Å². The number of hydrogen-bond acceptors (Lipinski definition) is 3. The first-order valence-corrected chi connectivity index (χ1v) is 8.14. The van der Waals surface area contributed by atoms with E-state index in [-0.39, 0.29) is 5.25 Å². The standard InChI is InChI=1S/C12H16BrNO2S/c13-11-8-9(14)6-7-12(11)17(15,16)10-4-2-1-3-5-10/h6-8,10H,1-5,14H2. The van der Waals surface area contributed by atoms with Crippen molar-refractivity contribution in [3.05, 3.63) is 22.7 Å². The summed E-state index contributed by atoms with van der Waals surface area (Å²) in [4.78, 5) is 0.374. The summed E-state index contributed by atoms with van der Waals surface area (Å²) in [5, 5.41) is -0.226. The molecule has 2 N–H and O–H groups in total. The summed E-state index contributed by atoms with van der Waals surface area (Å²) in [5.41, 5.74) is 6.19. The van der Waals surface area contributed by atoms with Gasteiger partial charge in [0.15, 0.2) is 9.84 Å². The third-order valence-corrected chi connectivity index (χ3v) is 6.49. The van der Waals surface area contributed by atoms with Crippen LogP contribution in [0.5, 0.6) is 0 Å². The third-order valence-electron chi connectivity index (χ3n) is 3.25. The van der Waals surface area contributed by atoms with Gasteiger partial charge in [-0.1, -0.05) is 19.3 Å². The summed E-state index contributed by atoms with van der Waals surface area (Å²) in [5.74, 6) is 0. The van der Waals surface area contributed by atoms with Gasteiger partial charge in [-0.05, 0) is 47.0 Å². The molecule has 94 valence electrons. The van der Waals surface area contributed by atoms with Crippen LogP contribution in [-0.4, -0.2) is 13.7 Å². The van der Waals surface area contributed by atoms with Crippen molar-refractivity contribution in [1.82, 2.24) is 0 Å². The normalized spacial score (nSPS) is 18.2. The molecule has 1 aliphatic carbocycles. The summed E-state index contributed by atoms with van der Waals surface area (Å²) >= 11 is 3.29. The predicted octanol–water partition coefficient (Wildman–Crippen LogP) is 3.14. The maximum absolute atomic E-state index is 12.4. The number of anilines is 1. The highest BCUT2D eigenvalue weighted by Crippen LogP contribution is 2.32. The fraction of sp³-hybridized carbons (Fsp3) is 0.500. The van der Waals surface area contributed by atoms with E-state index in [4.69, 9.17) is 5.73 Å². The Morgan fingerprint density at radius 1 is 1.18 bits per heavy atom. The summed E-state index contributed by atoms with van der Waals surface area (Å²) in [7, 11) is -3.21. The molecule has 0 aromatic heterocycles. The van der Waals surface area contributed by atoms with Gasteiger partial charge in [0.2, 0.25) is 0 Å². The highest BCUT2D eigenvalue weighted by atomic mass is 79.9. The number of nitrogen functional groups attached to an aromatic ring is 1. The summed E-state index contributed by atoms with van der Waals surface area (Å²) in [6.07, 6.45) is 4.72. The van der Waals surface area contributed by atoms with Gasteiger partial charge in [-0.15, -0.1) is 0 Å². The first-order chi connectivity index (χ1) is 8.01. The maximum Gasteiger partial charge on any atom is 0.182 e. The SMILES string of the molecule is Nc1ccc(S(=O)(=O)C2CCCCC2)c(Br)c1. The van der Waals surface area contributed by atoms with Crippen LogP contribution in [0.4, 0.5) is 5.69 Å². The molecular weight excluding hydrogens is 302 g/mol. The Morgan fingerprint density at radius 2 is 1.82 bits per heavy atom. The van der Waals surface area contributed by atoms with E-state index in [9.17, 15) is 8.42 Å². The van der Waals surface area contributed by atoms with E-state index in [1.165, 1.54) is 0 Å². The molecule has 1 fully saturated rings. The van der Waals surface area contributed by atoms with E-state index in [0.717, 1.165) is 32.1 Å². The molecule has 5 heteroatoms. The van der Waals surface area contributed by atoms with Crippen molar-refractivity contribution in [2.75, 3.05) is 5.73 Å². The van der Waals surface area contributed by atoms with Crippen LogP contribution in [0.15, 0.2) is 27.6 Å². The average molecular weight is 318 g/mol. The lowest BCUT2D eigenvalue weighted by molar-refractivity contribution is 0.483. The molecule has 1 aromatic rings. The fourth-order valence-corrected chi connectivity index (χ4v) is 5.28. The fourth-order valence-electron chi connectivity index (χ4n) is 2.30. The van der Waals surface area contributed by atoms with Crippen LogP contribution in [-0.2, 0) is 9.84 Å². The minimum atomic E-state index is -3.21. The second kappa shape index (κ2) is 4.98. The molecule has 0 aliphatic heterocycles. The zero-order valence-corrected chi connectivity index (χ0v) is 11.9. The summed E-state index contributed by atoms with van der Waals surface area (Å²) < 4.78 is 25.5. The maximum atomic E-state index is 12.4. The Morgan fingerprint density at radius 3 is 2.41 bits per heavy atom. The van der Waals surface area contributed by atoms with Gasteiger partial charge in [0.05, 0.1) is 10.1 Å². The summed E-state index contributed by atoms with van der Waals surface area (Å²) in [6.45, 7) is 0. The molecule has 17 heavy (non-hydrogen) atoms. The van der Waals surface area contributed by atoms with Gasteiger partial charge >= 0.3 is 0 Å². The Hall–Kier alpha value is -0.550. The van der Waals surface area contributed by atoms with Crippen LogP contribution >= 0.6 is 15.9 Å². The van der Waals surface area contributed by atoms with Crippen molar-refractivity contribution >= 4 is 31.5 Å². The zero-order chi connectivity index (χ0) is 12.5. The number of halogens is 1. The molecule has 0 atom stereocenters. The van der Waals surface area contributed by atoms with Crippen LogP contribution in [0.25, 0.3) is 0 Å². The Bertz CT molecular complexity index is 507. The number of hydrogen-bond donors (Lipinski definition) is 1. The average Bonchev–Trinajstić information content (AvgIpc) is 2.29. The van der Waals surface area contributed by atoms with E-state index < -0.39 is 9.84 Å². The first-order valence-electron chi connectivity index (χ1n) is 5.81. The van der Waals surface area contributed by atoms with Crippen LogP contribution in [0, 0.1) is 0 Å². The second-order valence-corrected chi connectivity index (χ2v) is 7.55. The molecule has 0 heterocycles. The monoisotopic (exact) mass is 317 g/mol. The Balaban J connectivity index is 2.37. The van der Waals surface area contributed by atoms with Gasteiger partial charge in [0.25, 0.3) is 0 Å². The van der Waals surface area contributed by atoms with Gasteiger partial charge in [-0.2, -0.15) is 0 Å². The highest BCUT2D eigenvalue weighted by molar-refractivity contribution is 9.10. The van der Waals surface area contributed by atoms with Gasteiger partial charge < -0.3 is 5.73 Å². The third kappa shape index (κ3) is 2.65. The van der Waals surface area contributed by atoms with Crippen molar-refractivity contribution in [2.45, 2.75) is 42.2 Å².